The molecule has 0 saturated heterocycles. The molecule has 3 nitrogen and oxygen atoms in total. The normalized spacial score (nSPS) is 27.8. The predicted octanol–water partition coefficient (Wildman–Crippen LogP) is 2.21. The van der Waals surface area contributed by atoms with Crippen molar-refractivity contribution >= 4 is 11.5 Å². The molecule has 14 heavy (non-hydrogen) atoms. The van der Waals surface area contributed by atoms with Gasteiger partial charge in [0.05, 0.1) is 5.69 Å². The Balaban J connectivity index is 1.79. The van der Waals surface area contributed by atoms with Gasteiger partial charge in [0.15, 0.2) is 0 Å². The van der Waals surface area contributed by atoms with Crippen LogP contribution in [0.3, 0.4) is 0 Å². The van der Waals surface area contributed by atoms with Crippen molar-refractivity contribution in [2.75, 3.05) is 0 Å². The van der Waals surface area contributed by atoms with Crippen molar-refractivity contribution in [3.05, 3.63) is 11.1 Å². The molecule has 1 aromatic heterocycles. The van der Waals surface area contributed by atoms with Crippen molar-refractivity contribution in [3.63, 3.8) is 0 Å². The van der Waals surface area contributed by atoms with Crippen LogP contribution in [0, 0.1) is 5.92 Å². The SMILES string of the molecule is C[C@@H]1CCCC[C@H]1NCc1csnn1. The maximum absolute atomic E-state index is 4.03. The molecule has 1 aliphatic rings. The molecule has 0 spiro atoms. The zero-order valence-electron chi connectivity index (χ0n) is 8.57. The molecule has 1 heterocycles. The van der Waals surface area contributed by atoms with E-state index in [9.17, 15) is 0 Å². The fourth-order valence-corrected chi connectivity index (χ4v) is 2.57. The van der Waals surface area contributed by atoms with E-state index in [4.69, 9.17) is 0 Å². The summed E-state index contributed by atoms with van der Waals surface area (Å²) in [6.45, 7) is 3.22. The van der Waals surface area contributed by atoms with Gasteiger partial charge in [-0.25, -0.2) is 0 Å². The van der Waals surface area contributed by atoms with Crippen LogP contribution in [0.4, 0.5) is 0 Å². The van der Waals surface area contributed by atoms with Crippen molar-refractivity contribution in [1.29, 1.82) is 0 Å². The topological polar surface area (TPSA) is 37.8 Å². The molecular formula is C10H17N3S. The first-order chi connectivity index (χ1) is 6.86. The van der Waals surface area contributed by atoms with E-state index in [1.165, 1.54) is 37.2 Å². The lowest BCUT2D eigenvalue weighted by molar-refractivity contribution is 0.278. The van der Waals surface area contributed by atoms with Crippen molar-refractivity contribution in [2.24, 2.45) is 5.92 Å². The Morgan fingerprint density at radius 3 is 3.07 bits per heavy atom. The Morgan fingerprint density at radius 1 is 1.50 bits per heavy atom. The van der Waals surface area contributed by atoms with Gasteiger partial charge in [0, 0.05) is 18.0 Å². The van der Waals surface area contributed by atoms with Crippen LogP contribution >= 0.6 is 11.5 Å². The fraction of sp³-hybridized carbons (Fsp3) is 0.800. The van der Waals surface area contributed by atoms with Gasteiger partial charge in [-0.3, -0.25) is 0 Å². The van der Waals surface area contributed by atoms with Gasteiger partial charge in [-0.2, -0.15) is 0 Å². The summed E-state index contributed by atoms with van der Waals surface area (Å²) in [5.74, 6) is 0.815. The number of rotatable bonds is 3. The molecule has 0 amide bonds. The third-order valence-corrected chi connectivity index (χ3v) is 3.62. The van der Waals surface area contributed by atoms with Crippen LogP contribution in [-0.2, 0) is 6.54 Å². The highest BCUT2D eigenvalue weighted by atomic mass is 32.1. The van der Waals surface area contributed by atoms with E-state index in [2.05, 4.69) is 21.8 Å². The second-order valence-corrected chi connectivity index (χ2v) is 4.76. The quantitative estimate of drug-likeness (QED) is 0.833. The van der Waals surface area contributed by atoms with Gasteiger partial charge in [-0.1, -0.05) is 24.3 Å². The van der Waals surface area contributed by atoms with Crippen LogP contribution in [0.2, 0.25) is 0 Å². The molecule has 0 aliphatic heterocycles. The van der Waals surface area contributed by atoms with Crippen LogP contribution in [0.5, 0.6) is 0 Å². The second-order valence-electron chi connectivity index (χ2n) is 4.15. The van der Waals surface area contributed by atoms with Gasteiger partial charge in [-0.15, -0.1) is 5.10 Å². The maximum Gasteiger partial charge on any atom is 0.0893 e. The molecule has 1 aromatic rings. The summed E-state index contributed by atoms with van der Waals surface area (Å²) in [5.41, 5.74) is 1.08. The molecule has 1 N–H and O–H groups in total. The fourth-order valence-electron chi connectivity index (χ4n) is 2.12. The van der Waals surface area contributed by atoms with Crippen LogP contribution in [0.15, 0.2) is 5.38 Å². The van der Waals surface area contributed by atoms with Crippen LogP contribution < -0.4 is 5.32 Å². The number of nitrogens with one attached hydrogen (secondary N) is 1. The lowest BCUT2D eigenvalue weighted by atomic mass is 9.86. The minimum Gasteiger partial charge on any atom is -0.308 e. The van der Waals surface area contributed by atoms with Crippen molar-refractivity contribution in [1.82, 2.24) is 14.9 Å². The number of hydrogen-bond donors (Lipinski definition) is 1. The summed E-state index contributed by atoms with van der Waals surface area (Å²) >= 11 is 1.43. The number of hydrogen-bond acceptors (Lipinski definition) is 4. The molecule has 4 heteroatoms. The Morgan fingerprint density at radius 2 is 2.36 bits per heavy atom. The van der Waals surface area contributed by atoms with Crippen LogP contribution in [0.25, 0.3) is 0 Å². The Kier molecular flexibility index (Phi) is 3.48. The van der Waals surface area contributed by atoms with E-state index in [0.717, 1.165) is 18.2 Å². The molecule has 0 unspecified atom stereocenters. The van der Waals surface area contributed by atoms with E-state index in [0.29, 0.717) is 6.04 Å². The molecule has 78 valence electrons. The van der Waals surface area contributed by atoms with E-state index in [1.54, 1.807) is 0 Å². The standard InChI is InChI=1S/C10H17N3S/c1-8-4-2-3-5-10(8)11-6-9-7-14-13-12-9/h7-8,10-11H,2-6H2,1H3/t8-,10-/m1/s1. The lowest BCUT2D eigenvalue weighted by Crippen LogP contribution is -2.36. The van der Waals surface area contributed by atoms with Crippen LogP contribution in [-0.4, -0.2) is 15.6 Å². The van der Waals surface area contributed by atoms with Gasteiger partial charge in [0.25, 0.3) is 0 Å². The monoisotopic (exact) mass is 211 g/mol. The minimum atomic E-state index is 0.686. The summed E-state index contributed by atoms with van der Waals surface area (Å²) in [4.78, 5) is 0. The average molecular weight is 211 g/mol. The van der Waals surface area contributed by atoms with Gasteiger partial charge in [0.1, 0.15) is 0 Å². The summed E-state index contributed by atoms with van der Waals surface area (Å²) in [7, 11) is 0. The van der Waals surface area contributed by atoms with E-state index in [1.807, 2.05) is 5.38 Å². The second kappa shape index (κ2) is 4.84. The predicted molar refractivity (Wildman–Crippen MR) is 58.2 cm³/mol. The first-order valence-corrected chi connectivity index (χ1v) is 6.19. The van der Waals surface area contributed by atoms with Gasteiger partial charge < -0.3 is 5.32 Å². The molecule has 0 bridgehead atoms. The Hall–Kier alpha value is -0.480. The highest BCUT2D eigenvalue weighted by Gasteiger charge is 2.20. The third-order valence-electron chi connectivity index (χ3n) is 3.06. The molecule has 2 atom stereocenters. The van der Waals surface area contributed by atoms with Gasteiger partial charge in [0.2, 0.25) is 0 Å². The Labute approximate surface area is 89.1 Å². The van der Waals surface area contributed by atoms with Gasteiger partial charge >= 0.3 is 0 Å². The lowest BCUT2D eigenvalue weighted by Gasteiger charge is -2.29. The van der Waals surface area contributed by atoms with E-state index < -0.39 is 0 Å². The molecule has 1 saturated carbocycles. The highest BCUT2D eigenvalue weighted by Crippen LogP contribution is 2.23. The molecule has 0 aromatic carbocycles. The van der Waals surface area contributed by atoms with Crippen LogP contribution in [0.1, 0.15) is 38.3 Å². The molecular weight excluding hydrogens is 194 g/mol. The molecule has 1 aliphatic carbocycles. The number of nitrogens with zero attached hydrogens (tertiary/aromatic N) is 2. The summed E-state index contributed by atoms with van der Waals surface area (Å²) in [5, 5.41) is 9.62. The van der Waals surface area contributed by atoms with Crippen molar-refractivity contribution < 1.29 is 0 Å². The average Bonchev–Trinajstić information content (AvgIpc) is 2.69. The van der Waals surface area contributed by atoms with E-state index >= 15 is 0 Å². The maximum atomic E-state index is 4.03. The van der Waals surface area contributed by atoms with E-state index in [-0.39, 0.29) is 0 Å². The summed E-state index contributed by atoms with van der Waals surface area (Å²) in [6, 6.07) is 0.686. The smallest absolute Gasteiger partial charge is 0.0893 e. The molecule has 2 rings (SSSR count). The third kappa shape index (κ3) is 2.51. The summed E-state index contributed by atoms with van der Waals surface area (Å²) < 4.78 is 3.86. The Bertz CT molecular complexity index is 260. The van der Waals surface area contributed by atoms with Gasteiger partial charge in [-0.05, 0) is 30.3 Å². The summed E-state index contributed by atoms with van der Waals surface area (Å²) in [6.07, 6.45) is 5.46. The molecule has 0 radical (unpaired) electrons. The molecule has 1 fully saturated rings. The van der Waals surface area contributed by atoms with Crippen molar-refractivity contribution in [3.8, 4) is 0 Å². The zero-order chi connectivity index (χ0) is 9.80. The first kappa shape index (κ1) is 10.1. The number of aromatic nitrogens is 2. The highest BCUT2D eigenvalue weighted by molar-refractivity contribution is 7.03. The first-order valence-electron chi connectivity index (χ1n) is 5.35. The van der Waals surface area contributed by atoms with Crippen molar-refractivity contribution in [2.45, 2.75) is 45.2 Å². The zero-order valence-corrected chi connectivity index (χ0v) is 9.39. The minimum absolute atomic E-state index is 0.686. The largest absolute Gasteiger partial charge is 0.308 e.